The Labute approximate surface area is 144 Å². The summed E-state index contributed by atoms with van der Waals surface area (Å²) in [7, 11) is 1.64. The van der Waals surface area contributed by atoms with E-state index in [4.69, 9.17) is 16.3 Å². The molecule has 0 spiro atoms. The molecule has 23 heavy (non-hydrogen) atoms. The van der Waals surface area contributed by atoms with Crippen molar-refractivity contribution in [2.45, 2.75) is 33.2 Å². The molecule has 1 aromatic rings. The van der Waals surface area contributed by atoms with Gasteiger partial charge in [-0.25, -0.2) is 0 Å². The van der Waals surface area contributed by atoms with Crippen molar-refractivity contribution in [2.75, 3.05) is 33.3 Å². The maximum Gasteiger partial charge on any atom is 0.225 e. The summed E-state index contributed by atoms with van der Waals surface area (Å²) in [4.78, 5) is 16.7. The zero-order valence-corrected chi connectivity index (χ0v) is 15.1. The molecule has 1 aliphatic heterocycles. The highest BCUT2D eigenvalue weighted by atomic mass is 35.5. The van der Waals surface area contributed by atoms with Crippen molar-refractivity contribution in [3.8, 4) is 5.75 Å². The summed E-state index contributed by atoms with van der Waals surface area (Å²) in [6.45, 7) is 8.41. The summed E-state index contributed by atoms with van der Waals surface area (Å²) in [5.41, 5.74) is 1.11. The molecule has 5 heteroatoms. The van der Waals surface area contributed by atoms with Gasteiger partial charge >= 0.3 is 0 Å². The Balaban J connectivity index is 1.88. The van der Waals surface area contributed by atoms with Crippen molar-refractivity contribution >= 4 is 17.5 Å². The van der Waals surface area contributed by atoms with Crippen LogP contribution in [0.4, 0.5) is 0 Å². The third kappa shape index (κ3) is 4.61. The predicted octanol–water partition coefficient (Wildman–Crippen LogP) is 3.43. The van der Waals surface area contributed by atoms with Crippen molar-refractivity contribution in [3.05, 3.63) is 28.8 Å². The molecule has 0 aliphatic carbocycles. The first-order valence-electron chi connectivity index (χ1n) is 8.42. The number of ether oxygens (including phenoxy) is 1. The van der Waals surface area contributed by atoms with Gasteiger partial charge in [-0.1, -0.05) is 17.7 Å². The number of carbonyl (C=O) groups excluding carboxylic acids is 1. The number of amides is 1. The van der Waals surface area contributed by atoms with E-state index in [-0.39, 0.29) is 5.92 Å². The van der Waals surface area contributed by atoms with Gasteiger partial charge in [0.25, 0.3) is 0 Å². The fourth-order valence-electron chi connectivity index (χ4n) is 3.16. The highest BCUT2D eigenvalue weighted by molar-refractivity contribution is 6.31. The van der Waals surface area contributed by atoms with E-state index in [9.17, 15) is 4.79 Å². The van der Waals surface area contributed by atoms with Crippen LogP contribution in [0.5, 0.6) is 5.75 Å². The molecule has 0 saturated carbocycles. The number of carbonyl (C=O) groups is 1. The van der Waals surface area contributed by atoms with Crippen LogP contribution in [0.15, 0.2) is 18.2 Å². The fraction of sp³-hybridized carbons (Fsp3) is 0.611. The van der Waals surface area contributed by atoms with Crippen LogP contribution in [0, 0.1) is 5.92 Å². The highest BCUT2D eigenvalue weighted by Crippen LogP contribution is 2.26. The zero-order chi connectivity index (χ0) is 16.8. The number of halogens is 1. The molecular weight excluding hydrogens is 312 g/mol. The number of hydrogen-bond acceptors (Lipinski definition) is 3. The Morgan fingerprint density at radius 1 is 1.30 bits per heavy atom. The highest BCUT2D eigenvalue weighted by Gasteiger charge is 2.27. The second kappa shape index (κ2) is 8.55. The first-order valence-corrected chi connectivity index (χ1v) is 8.80. The first-order chi connectivity index (χ1) is 11.1. The normalized spacial score (nSPS) is 16.3. The summed E-state index contributed by atoms with van der Waals surface area (Å²) in [6.07, 6.45) is 1.87. The molecule has 0 radical (unpaired) electrons. The monoisotopic (exact) mass is 338 g/mol. The van der Waals surface area contributed by atoms with Crippen molar-refractivity contribution in [1.29, 1.82) is 0 Å². The summed E-state index contributed by atoms with van der Waals surface area (Å²) >= 11 is 6.32. The minimum atomic E-state index is 0.178. The second-order valence-corrected chi connectivity index (χ2v) is 6.43. The lowest BCUT2D eigenvalue weighted by molar-refractivity contribution is -0.136. The van der Waals surface area contributed by atoms with Crippen molar-refractivity contribution in [1.82, 2.24) is 9.80 Å². The Morgan fingerprint density at radius 2 is 1.96 bits per heavy atom. The maximum atomic E-state index is 12.4. The van der Waals surface area contributed by atoms with Gasteiger partial charge in [-0.15, -0.1) is 0 Å². The molecule has 1 amide bonds. The van der Waals surface area contributed by atoms with E-state index in [1.54, 1.807) is 7.11 Å². The van der Waals surface area contributed by atoms with Crippen LogP contribution in [0.2, 0.25) is 5.02 Å². The van der Waals surface area contributed by atoms with E-state index in [0.29, 0.717) is 5.91 Å². The van der Waals surface area contributed by atoms with Crippen molar-refractivity contribution in [3.63, 3.8) is 0 Å². The molecule has 1 heterocycles. The lowest BCUT2D eigenvalue weighted by Gasteiger charge is -2.33. The molecular formula is C18H27ClN2O2. The number of rotatable bonds is 6. The van der Waals surface area contributed by atoms with E-state index in [1.165, 1.54) is 0 Å². The number of likely N-dealkylation sites (tertiary alicyclic amines) is 1. The van der Waals surface area contributed by atoms with Crippen LogP contribution in [0.3, 0.4) is 0 Å². The van der Waals surface area contributed by atoms with Crippen molar-refractivity contribution < 1.29 is 9.53 Å². The molecule has 0 unspecified atom stereocenters. The van der Waals surface area contributed by atoms with Gasteiger partial charge in [-0.05, 0) is 57.5 Å². The van der Waals surface area contributed by atoms with Crippen LogP contribution in [-0.2, 0) is 11.3 Å². The molecule has 1 aromatic carbocycles. The Morgan fingerprint density at radius 3 is 2.48 bits per heavy atom. The Bertz CT molecular complexity index is 524. The van der Waals surface area contributed by atoms with Gasteiger partial charge in [0.15, 0.2) is 0 Å². The lowest BCUT2D eigenvalue weighted by Crippen LogP contribution is -2.42. The Kier molecular flexibility index (Phi) is 6.72. The molecule has 0 N–H and O–H groups in total. The average molecular weight is 339 g/mol. The summed E-state index contributed by atoms with van der Waals surface area (Å²) in [5.74, 6) is 1.27. The van der Waals surface area contributed by atoms with Crippen LogP contribution >= 0.6 is 11.6 Å². The van der Waals surface area contributed by atoms with Gasteiger partial charge in [-0.3, -0.25) is 9.69 Å². The van der Waals surface area contributed by atoms with E-state index < -0.39 is 0 Å². The number of methoxy groups -OCH3 is 1. The van der Waals surface area contributed by atoms with Gasteiger partial charge in [-0.2, -0.15) is 0 Å². The van der Waals surface area contributed by atoms with E-state index in [1.807, 2.05) is 36.9 Å². The lowest BCUT2D eigenvalue weighted by atomic mass is 9.95. The predicted molar refractivity (Wildman–Crippen MR) is 93.9 cm³/mol. The molecule has 4 nitrogen and oxygen atoms in total. The van der Waals surface area contributed by atoms with Crippen LogP contribution < -0.4 is 4.74 Å². The minimum absolute atomic E-state index is 0.178. The fourth-order valence-corrected chi connectivity index (χ4v) is 3.39. The quantitative estimate of drug-likeness (QED) is 0.796. The first kappa shape index (κ1) is 18.1. The van der Waals surface area contributed by atoms with Crippen LogP contribution in [0.1, 0.15) is 32.3 Å². The standard InChI is InChI=1S/C18H27ClN2O2/c1-4-21(5-2)18(22)14-8-10-20(11-9-14)13-15-6-7-16(23-3)12-17(15)19/h6-7,12,14H,4-5,8-11,13H2,1-3H3. The van der Waals surface area contributed by atoms with E-state index >= 15 is 0 Å². The van der Waals surface area contributed by atoms with Gasteiger partial charge < -0.3 is 9.64 Å². The van der Waals surface area contributed by atoms with Crippen molar-refractivity contribution in [2.24, 2.45) is 5.92 Å². The molecule has 128 valence electrons. The average Bonchev–Trinajstić information content (AvgIpc) is 2.58. The van der Waals surface area contributed by atoms with Gasteiger partial charge in [0, 0.05) is 30.6 Å². The number of benzene rings is 1. The Hall–Kier alpha value is -1.26. The SMILES string of the molecule is CCN(CC)C(=O)C1CCN(Cc2ccc(OC)cc2Cl)CC1. The summed E-state index contributed by atoms with van der Waals surface area (Å²) in [5, 5.41) is 0.741. The van der Waals surface area contributed by atoms with Gasteiger partial charge in [0.1, 0.15) is 5.75 Å². The molecule has 0 aromatic heterocycles. The number of hydrogen-bond donors (Lipinski definition) is 0. The van der Waals surface area contributed by atoms with Gasteiger partial charge in [0.2, 0.25) is 5.91 Å². The molecule has 1 fully saturated rings. The molecule has 2 rings (SSSR count). The molecule has 1 saturated heterocycles. The smallest absolute Gasteiger partial charge is 0.225 e. The van der Waals surface area contributed by atoms with Crippen LogP contribution in [0.25, 0.3) is 0 Å². The minimum Gasteiger partial charge on any atom is -0.497 e. The molecule has 1 aliphatic rings. The third-order valence-electron chi connectivity index (χ3n) is 4.67. The van der Waals surface area contributed by atoms with E-state index in [2.05, 4.69) is 4.90 Å². The summed E-state index contributed by atoms with van der Waals surface area (Å²) < 4.78 is 5.18. The number of nitrogens with zero attached hydrogens (tertiary/aromatic N) is 2. The largest absolute Gasteiger partial charge is 0.497 e. The number of piperidine rings is 1. The second-order valence-electron chi connectivity index (χ2n) is 6.02. The molecule has 0 bridgehead atoms. The van der Waals surface area contributed by atoms with E-state index in [0.717, 1.165) is 61.9 Å². The maximum absolute atomic E-state index is 12.4. The van der Waals surface area contributed by atoms with Gasteiger partial charge in [0.05, 0.1) is 7.11 Å². The topological polar surface area (TPSA) is 32.8 Å². The summed E-state index contributed by atoms with van der Waals surface area (Å²) in [6, 6.07) is 5.82. The zero-order valence-electron chi connectivity index (χ0n) is 14.3. The molecule has 0 atom stereocenters. The third-order valence-corrected chi connectivity index (χ3v) is 5.02. The van der Waals surface area contributed by atoms with Crippen LogP contribution in [-0.4, -0.2) is 49.0 Å².